The molecule has 4 rings (SSSR count). The van der Waals surface area contributed by atoms with Gasteiger partial charge in [-0.05, 0) is 49.8 Å². The Kier molecular flexibility index (Phi) is 5.03. The molecule has 0 aromatic carbocycles. The summed E-state index contributed by atoms with van der Waals surface area (Å²) in [5.41, 5.74) is 2.12. The lowest BCUT2D eigenvalue weighted by atomic mass is 10.1. The molecule has 142 valence electrons. The molecule has 2 unspecified atom stereocenters. The van der Waals surface area contributed by atoms with Crippen LogP contribution in [0.15, 0.2) is 29.9 Å². The van der Waals surface area contributed by atoms with Crippen molar-refractivity contribution in [2.75, 3.05) is 11.9 Å². The Morgan fingerprint density at radius 1 is 1.37 bits per heavy atom. The van der Waals surface area contributed by atoms with E-state index in [4.69, 9.17) is 0 Å². The molecule has 0 saturated carbocycles. The van der Waals surface area contributed by atoms with E-state index in [2.05, 4.69) is 32.1 Å². The summed E-state index contributed by atoms with van der Waals surface area (Å²) in [6.07, 6.45) is 4.18. The number of fused-ring (bicyclic) bond motifs is 1. The van der Waals surface area contributed by atoms with E-state index < -0.39 is 6.23 Å². The maximum Gasteiger partial charge on any atom is 0.224 e. The Bertz CT molecular complexity index is 949. The van der Waals surface area contributed by atoms with Crippen LogP contribution in [0.2, 0.25) is 0 Å². The number of aliphatic hydroxyl groups excluding tert-OH is 1. The van der Waals surface area contributed by atoms with E-state index in [1.54, 1.807) is 6.20 Å². The van der Waals surface area contributed by atoms with Gasteiger partial charge >= 0.3 is 0 Å². The summed E-state index contributed by atoms with van der Waals surface area (Å²) in [4.78, 5) is 15.1. The van der Waals surface area contributed by atoms with Gasteiger partial charge in [-0.25, -0.2) is 14.4 Å². The lowest BCUT2D eigenvalue weighted by Gasteiger charge is -2.27. The molecule has 8 heteroatoms. The third-order valence-corrected chi connectivity index (χ3v) is 5.99. The van der Waals surface area contributed by atoms with Crippen LogP contribution in [0.5, 0.6) is 0 Å². The Morgan fingerprint density at radius 3 is 2.96 bits per heavy atom. The second kappa shape index (κ2) is 7.46. The minimum Gasteiger partial charge on any atom is -0.372 e. The Hall–Kier alpha value is -2.16. The maximum absolute atomic E-state index is 13.5. The smallest absolute Gasteiger partial charge is 0.224 e. The highest BCUT2D eigenvalue weighted by atomic mass is 32.1. The molecule has 0 spiro atoms. The van der Waals surface area contributed by atoms with Crippen molar-refractivity contribution >= 4 is 27.5 Å². The quantitative estimate of drug-likeness (QED) is 0.692. The second-order valence-electron chi connectivity index (χ2n) is 6.97. The number of likely N-dealkylation sites (tertiary alicyclic amines) is 1. The monoisotopic (exact) mass is 387 g/mol. The van der Waals surface area contributed by atoms with Crippen molar-refractivity contribution in [3.05, 3.63) is 47.0 Å². The fourth-order valence-electron chi connectivity index (χ4n) is 3.54. The van der Waals surface area contributed by atoms with Crippen LogP contribution in [0.1, 0.15) is 50.2 Å². The first-order valence-electron chi connectivity index (χ1n) is 9.09. The number of anilines is 1. The molecule has 6 nitrogen and oxygen atoms in total. The lowest BCUT2D eigenvalue weighted by molar-refractivity contribution is -0.00465. The molecular formula is C19H22FN5OS. The van der Waals surface area contributed by atoms with Crippen LogP contribution in [0, 0.1) is 5.82 Å². The van der Waals surface area contributed by atoms with Crippen LogP contribution in [0.3, 0.4) is 0 Å². The first kappa shape index (κ1) is 18.2. The minimum atomic E-state index is -0.765. The van der Waals surface area contributed by atoms with Gasteiger partial charge in [0.2, 0.25) is 5.95 Å². The molecule has 1 aliphatic heterocycles. The fraction of sp³-hybridized carbons (Fsp3) is 0.421. The van der Waals surface area contributed by atoms with Crippen molar-refractivity contribution in [2.24, 2.45) is 0 Å². The molecule has 1 fully saturated rings. The first-order chi connectivity index (χ1) is 13.0. The van der Waals surface area contributed by atoms with Gasteiger partial charge in [-0.2, -0.15) is 0 Å². The number of pyridine rings is 1. The van der Waals surface area contributed by atoms with Crippen molar-refractivity contribution in [2.45, 2.75) is 45.0 Å². The molecule has 27 heavy (non-hydrogen) atoms. The Balaban J connectivity index is 1.66. The van der Waals surface area contributed by atoms with Crippen molar-refractivity contribution in [1.29, 1.82) is 0 Å². The normalized spacial score (nSPS) is 20.1. The zero-order chi connectivity index (χ0) is 19.0. The van der Waals surface area contributed by atoms with Crippen molar-refractivity contribution in [1.82, 2.24) is 19.9 Å². The lowest BCUT2D eigenvalue weighted by Crippen LogP contribution is -2.32. The van der Waals surface area contributed by atoms with Crippen molar-refractivity contribution in [3.8, 4) is 0 Å². The number of aliphatic hydroxyl groups is 1. The molecule has 2 N–H and O–H groups in total. The Morgan fingerprint density at radius 2 is 2.22 bits per heavy atom. The van der Waals surface area contributed by atoms with Crippen molar-refractivity contribution in [3.63, 3.8) is 0 Å². The van der Waals surface area contributed by atoms with Crippen molar-refractivity contribution < 1.29 is 9.50 Å². The molecular weight excluding hydrogens is 365 g/mol. The van der Waals surface area contributed by atoms with E-state index >= 15 is 0 Å². The fourth-order valence-corrected chi connectivity index (χ4v) is 4.38. The predicted molar refractivity (Wildman–Crippen MR) is 104 cm³/mol. The van der Waals surface area contributed by atoms with Crippen LogP contribution < -0.4 is 5.32 Å². The second-order valence-corrected chi connectivity index (χ2v) is 7.89. The van der Waals surface area contributed by atoms with Gasteiger partial charge in [0.05, 0.1) is 22.5 Å². The van der Waals surface area contributed by atoms with Gasteiger partial charge in [-0.1, -0.05) is 0 Å². The summed E-state index contributed by atoms with van der Waals surface area (Å²) in [5, 5.41) is 16.1. The van der Waals surface area contributed by atoms with E-state index in [9.17, 15) is 9.50 Å². The first-order valence-corrected chi connectivity index (χ1v) is 9.97. The van der Waals surface area contributed by atoms with Gasteiger partial charge in [-0.3, -0.25) is 9.88 Å². The average Bonchev–Trinajstić information content (AvgIpc) is 3.29. The number of halogens is 1. The van der Waals surface area contributed by atoms with E-state index in [-0.39, 0.29) is 11.9 Å². The number of thiophene rings is 1. The molecule has 3 aromatic heterocycles. The molecule has 3 atom stereocenters. The SMILES string of the molecule is CC(Nc1nc(C(O)N2CCC[C@H]2C)c2sccc2n1)c1cncc(F)c1. The highest BCUT2D eigenvalue weighted by Gasteiger charge is 2.30. The number of hydrogen-bond acceptors (Lipinski definition) is 7. The minimum absolute atomic E-state index is 0.222. The molecule has 0 amide bonds. The third-order valence-electron chi connectivity index (χ3n) is 5.06. The average molecular weight is 387 g/mol. The number of nitrogens with one attached hydrogen (secondary N) is 1. The van der Waals surface area contributed by atoms with E-state index in [0.29, 0.717) is 23.2 Å². The van der Waals surface area contributed by atoms with Gasteiger partial charge in [0.15, 0.2) is 6.23 Å². The van der Waals surface area contributed by atoms with Gasteiger partial charge < -0.3 is 10.4 Å². The van der Waals surface area contributed by atoms with Gasteiger partial charge in [0, 0.05) is 18.8 Å². The van der Waals surface area contributed by atoms with Crippen LogP contribution in [-0.2, 0) is 0 Å². The topological polar surface area (TPSA) is 74.2 Å². The molecule has 0 bridgehead atoms. The summed E-state index contributed by atoms with van der Waals surface area (Å²) in [6, 6.07) is 3.46. The largest absolute Gasteiger partial charge is 0.372 e. The standard InChI is InChI=1S/C19H22FN5OS/c1-11-4-3-6-25(11)18(26)16-17-15(5-7-27-17)23-19(24-16)22-12(2)13-8-14(20)10-21-9-13/h5,7-12,18,26H,3-4,6H2,1-2H3,(H,22,23,24)/t11-,12?,18?/m1/s1. The zero-order valence-corrected chi connectivity index (χ0v) is 16.1. The molecule has 3 aromatic rings. The van der Waals surface area contributed by atoms with E-state index in [1.165, 1.54) is 23.6 Å². The number of hydrogen-bond donors (Lipinski definition) is 2. The molecule has 4 heterocycles. The van der Waals surface area contributed by atoms with E-state index in [0.717, 1.165) is 29.6 Å². The Labute approximate surface area is 161 Å². The number of aromatic nitrogens is 3. The van der Waals surface area contributed by atoms with Crippen LogP contribution in [0.25, 0.3) is 10.2 Å². The third kappa shape index (κ3) is 3.65. The summed E-state index contributed by atoms with van der Waals surface area (Å²) in [7, 11) is 0. The zero-order valence-electron chi connectivity index (χ0n) is 15.3. The molecule has 0 radical (unpaired) electrons. The predicted octanol–water partition coefficient (Wildman–Crippen LogP) is 3.87. The van der Waals surface area contributed by atoms with Crippen LogP contribution in [-0.4, -0.2) is 37.5 Å². The van der Waals surface area contributed by atoms with E-state index in [1.807, 2.05) is 18.4 Å². The molecule has 0 aliphatic carbocycles. The highest BCUT2D eigenvalue weighted by Crippen LogP contribution is 2.33. The number of nitrogens with zero attached hydrogens (tertiary/aromatic N) is 4. The van der Waals surface area contributed by atoms with Crippen LogP contribution >= 0.6 is 11.3 Å². The summed E-state index contributed by atoms with van der Waals surface area (Å²) in [6.45, 7) is 4.88. The molecule has 1 aliphatic rings. The summed E-state index contributed by atoms with van der Waals surface area (Å²) >= 11 is 1.53. The van der Waals surface area contributed by atoms with Gasteiger partial charge in [0.25, 0.3) is 0 Å². The van der Waals surface area contributed by atoms with Gasteiger partial charge in [0.1, 0.15) is 11.5 Å². The molecule has 1 saturated heterocycles. The summed E-state index contributed by atoms with van der Waals surface area (Å²) < 4.78 is 14.3. The maximum atomic E-state index is 13.5. The number of rotatable bonds is 5. The highest BCUT2D eigenvalue weighted by molar-refractivity contribution is 7.17. The van der Waals surface area contributed by atoms with Gasteiger partial charge in [-0.15, -0.1) is 11.3 Å². The summed E-state index contributed by atoms with van der Waals surface area (Å²) in [5.74, 6) is 0.0352. The van der Waals surface area contributed by atoms with Crippen LogP contribution in [0.4, 0.5) is 10.3 Å².